The monoisotopic (exact) mass is 517 g/mol. The minimum atomic E-state index is -0.496. The number of phenols is 1. The Balaban J connectivity index is 1.45. The van der Waals surface area contributed by atoms with E-state index in [-0.39, 0.29) is 29.9 Å². The molecule has 1 aliphatic carbocycles. The molecule has 2 fully saturated rings. The molecular weight excluding hydrogens is 489 g/mol. The summed E-state index contributed by atoms with van der Waals surface area (Å²) in [5.74, 6) is 2.87. The Morgan fingerprint density at radius 1 is 1.18 bits per heavy atom. The van der Waals surface area contributed by atoms with Gasteiger partial charge in [0.15, 0.2) is 11.2 Å². The van der Waals surface area contributed by atoms with E-state index in [9.17, 15) is 14.6 Å². The minimum Gasteiger partial charge on any atom is -0.508 e. The van der Waals surface area contributed by atoms with Gasteiger partial charge in [0, 0.05) is 30.5 Å². The van der Waals surface area contributed by atoms with Gasteiger partial charge in [-0.25, -0.2) is 9.37 Å². The molecular formula is C28H28FN5O4. The molecule has 6 rings (SSSR count). The maximum atomic E-state index is 14.6. The van der Waals surface area contributed by atoms with E-state index < -0.39 is 5.82 Å². The lowest BCUT2D eigenvalue weighted by molar-refractivity contribution is 0.144. The summed E-state index contributed by atoms with van der Waals surface area (Å²) < 4.78 is 28.2. The fourth-order valence-corrected chi connectivity index (χ4v) is 4.92. The van der Waals surface area contributed by atoms with Crippen molar-refractivity contribution in [3.05, 3.63) is 47.5 Å². The molecule has 2 aliphatic rings. The van der Waals surface area contributed by atoms with Gasteiger partial charge in [0.05, 0.1) is 38.3 Å². The number of terminal acetylenes is 1. The first-order chi connectivity index (χ1) is 18.5. The molecule has 9 nitrogen and oxygen atoms in total. The largest absolute Gasteiger partial charge is 0.508 e. The summed E-state index contributed by atoms with van der Waals surface area (Å²) in [6, 6.07) is 6.05. The van der Waals surface area contributed by atoms with Crippen molar-refractivity contribution in [2.75, 3.05) is 44.4 Å². The predicted octanol–water partition coefficient (Wildman–Crippen LogP) is 3.23. The molecule has 1 aliphatic heterocycles. The van der Waals surface area contributed by atoms with Crippen molar-refractivity contribution in [2.45, 2.75) is 25.8 Å². The van der Waals surface area contributed by atoms with Gasteiger partial charge in [-0.2, -0.15) is 9.97 Å². The molecule has 1 saturated heterocycles. The number of imidazole rings is 1. The molecule has 0 atom stereocenters. The number of aromatic nitrogens is 4. The lowest BCUT2D eigenvalue weighted by atomic mass is 9.98. The Hall–Kier alpha value is -3.94. The molecule has 0 amide bonds. The first-order valence-electron chi connectivity index (χ1n) is 12.7. The molecule has 1 saturated carbocycles. The SMILES string of the molecule is C#Cc1c(F)ccc2cc(O)cc(Cn3cnc4c(OCC5(CO)CC5)nc(N5CCCOCC5)nc43)c12. The van der Waals surface area contributed by atoms with Crippen molar-refractivity contribution in [3.8, 4) is 24.0 Å². The second kappa shape index (κ2) is 9.74. The summed E-state index contributed by atoms with van der Waals surface area (Å²) in [6.45, 7) is 3.26. The number of halogens is 1. The van der Waals surface area contributed by atoms with Crippen molar-refractivity contribution in [2.24, 2.45) is 5.41 Å². The van der Waals surface area contributed by atoms with Gasteiger partial charge < -0.3 is 29.2 Å². The van der Waals surface area contributed by atoms with Crippen LogP contribution in [0.2, 0.25) is 0 Å². The third kappa shape index (κ3) is 4.48. The van der Waals surface area contributed by atoms with Crippen LogP contribution in [0.1, 0.15) is 30.4 Å². The van der Waals surface area contributed by atoms with E-state index in [4.69, 9.17) is 25.9 Å². The number of aromatic hydroxyl groups is 1. The summed E-state index contributed by atoms with van der Waals surface area (Å²) >= 11 is 0. The first kappa shape index (κ1) is 24.4. The number of hydrogen-bond acceptors (Lipinski definition) is 8. The number of rotatable bonds is 7. The number of phenolic OH excluding ortho intramolecular Hbond substituents is 1. The number of anilines is 1. The molecule has 3 heterocycles. The molecule has 0 radical (unpaired) electrons. The first-order valence-corrected chi connectivity index (χ1v) is 12.7. The number of fused-ring (bicyclic) bond motifs is 2. The van der Waals surface area contributed by atoms with E-state index in [0.29, 0.717) is 65.7 Å². The Bertz CT molecular complexity index is 1550. The quantitative estimate of drug-likeness (QED) is 0.360. The zero-order chi connectivity index (χ0) is 26.3. The van der Waals surface area contributed by atoms with Crippen LogP contribution in [0.25, 0.3) is 21.9 Å². The van der Waals surface area contributed by atoms with Crippen LogP contribution in [0.4, 0.5) is 10.3 Å². The van der Waals surface area contributed by atoms with Gasteiger partial charge >= 0.3 is 0 Å². The number of benzene rings is 2. The molecule has 2 N–H and O–H groups in total. The Morgan fingerprint density at radius 3 is 2.84 bits per heavy atom. The Labute approximate surface area is 218 Å². The van der Waals surface area contributed by atoms with Crippen LogP contribution >= 0.6 is 0 Å². The van der Waals surface area contributed by atoms with Crippen LogP contribution in [-0.2, 0) is 11.3 Å². The maximum absolute atomic E-state index is 14.6. The standard InChI is InChI=1S/C28H28FN5O4/c1-2-21-22(29)5-4-18-12-20(36)13-19(23(18)21)14-34-17-30-24-25(34)31-27(33-8-3-10-37-11-9-33)32-26(24)38-16-28(15-35)6-7-28/h1,4-5,12-13,17,35-36H,3,6-11,14-16H2. The molecule has 0 spiro atoms. The van der Waals surface area contributed by atoms with Gasteiger partial charge in [0.2, 0.25) is 11.8 Å². The van der Waals surface area contributed by atoms with Crippen LogP contribution in [0.5, 0.6) is 11.6 Å². The fourth-order valence-electron chi connectivity index (χ4n) is 4.92. The smallest absolute Gasteiger partial charge is 0.247 e. The van der Waals surface area contributed by atoms with Crippen molar-refractivity contribution >= 4 is 27.9 Å². The van der Waals surface area contributed by atoms with Gasteiger partial charge in [-0.1, -0.05) is 12.0 Å². The summed E-state index contributed by atoms with van der Waals surface area (Å²) in [4.78, 5) is 16.2. The molecule has 196 valence electrons. The third-order valence-electron chi connectivity index (χ3n) is 7.35. The van der Waals surface area contributed by atoms with Gasteiger partial charge in [-0.3, -0.25) is 0 Å². The highest BCUT2D eigenvalue weighted by molar-refractivity contribution is 5.92. The zero-order valence-corrected chi connectivity index (χ0v) is 20.9. The maximum Gasteiger partial charge on any atom is 0.247 e. The average Bonchev–Trinajstić information content (AvgIpc) is 3.67. The molecule has 0 unspecified atom stereocenters. The summed E-state index contributed by atoms with van der Waals surface area (Å²) in [6.07, 6.45) is 9.95. The van der Waals surface area contributed by atoms with E-state index in [1.54, 1.807) is 24.5 Å². The minimum absolute atomic E-state index is 0.0501. The molecule has 2 aromatic heterocycles. The van der Waals surface area contributed by atoms with E-state index in [0.717, 1.165) is 25.8 Å². The highest BCUT2D eigenvalue weighted by atomic mass is 19.1. The zero-order valence-electron chi connectivity index (χ0n) is 20.9. The van der Waals surface area contributed by atoms with Gasteiger partial charge in [0.1, 0.15) is 11.6 Å². The fraction of sp³-hybridized carbons (Fsp3) is 0.393. The van der Waals surface area contributed by atoms with Gasteiger partial charge in [0.25, 0.3) is 0 Å². The second-order valence-electron chi connectivity index (χ2n) is 10.0. The predicted molar refractivity (Wildman–Crippen MR) is 140 cm³/mol. The average molecular weight is 518 g/mol. The normalized spacial score (nSPS) is 16.9. The number of aliphatic hydroxyl groups is 1. The van der Waals surface area contributed by atoms with Crippen molar-refractivity contribution < 1.29 is 24.1 Å². The number of aliphatic hydroxyl groups excluding tert-OH is 1. The number of hydrogen-bond donors (Lipinski definition) is 2. The Kier molecular flexibility index (Phi) is 6.26. The highest BCUT2D eigenvalue weighted by Gasteiger charge is 2.43. The summed E-state index contributed by atoms with van der Waals surface area (Å²) in [5.41, 5.74) is 1.58. The van der Waals surface area contributed by atoms with Crippen molar-refractivity contribution in [1.82, 2.24) is 19.5 Å². The van der Waals surface area contributed by atoms with Crippen LogP contribution in [-0.4, -0.2) is 69.2 Å². The molecule has 4 aromatic rings. The van der Waals surface area contributed by atoms with E-state index >= 15 is 0 Å². The van der Waals surface area contributed by atoms with Crippen molar-refractivity contribution in [1.29, 1.82) is 0 Å². The molecule has 38 heavy (non-hydrogen) atoms. The van der Waals surface area contributed by atoms with Crippen LogP contribution in [0.15, 0.2) is 30.6 Å². The van der Waals surface area contributed by atoms with Crippen LogP contribution in [0, 0.1) is 23.6 Å². The van der Waals surface area contributed by atoms with Gasteiger partial charge in [-0.05, 0) is 48.4 Å². The lowest BCUT2D eigenvalue weighted by Gasteiger charge is -2.21. The third-order valence-corrected chi connectivity index (χ3v) is 7.35. The van der Waals surface area contributed by atoms with Crippen LogP contribution in [0.3, 0.4) is 0 Å². The topological polar surface area (TPSA) is 106 Å². The number of nitrogens with zero attached hydrogens (tertiary/aromatic N) is 5. The van der Waals surface area contributed by atoms with Crippen molar-refractivity contribution in [3.63, 3.8) is 0 Å². The Morgan fingerprint density at radius 2 is 2.05 bits per heavy atom. The number of ether oxygens (including phenoxy) is 2. The molecule has 0 bridgehead atoms. The lowest BCUT2D eigenvalue weighted by Crippen LogP contribution is -2.28. The summed E-state index contributed by atoms with van der Waals surface area (Å²) in [5, 5.41) is 21.3. The van der Waals surface area contributed by atoms with E-state index in [1.807, 2.05) is 4.57 Å². The highest BCUT2D eigenvalue weighted by Crippen LogP contribution is 2.45. The second-order valence-corrected chi connectivity index (χ2v) is 10.0. The molecule has 10 heteroatoms. The summed E-state index contributed by atoms with van der Waals surface area (Å²) in [7, 11) is 0. The molecule has 2 aromatic carbocycles. The van der Waals surface area contributed by atoms with Crippen LogP contribution < -0.4 is 9.64 Å². The van der Waals surface area contributed by atoms with Gasteiger partial charge in [-0.15, -0.1) is 6.42 Å². The van der Waals surface area contributed by atoms with E-state index in [2.05, 4.69) is 15.8 Å². The van der Waals surface area contributed by atoms with E-state index in [1.165, 1.54) is 6.07 Å².